The second-order valence-corrected chi connectivity index (χ2v) is 3.04. The Balaban J connectivity index is 2.66. The minimum absolute atomic E-state index is 0.0583. The monoisotopic (exact) mass is 204 g/mol. The van der Waals surface area contributed by atoms with E-state index < -0.39 is 4.92 Å². The number of nitrogens with zero attached hydrogens (tertiary/aromatic N) is 4. The second kappa shape index (κ2) is 3.49. The molecule has 0 unspecified atom stereocenters. The summed E-state index contributed by atoms with van der Waals surface area (Å²) in [5.41, 5.74) is 1.09. The first kappa shape index (κ1) is 9.32. The van der Waals surface area contributed by atoms with Crippen molar-refractivity contribution in [3.05, 3.63) is 46.5 Å². The van der Waals surface area contributed by atoms with Crippen LogP contribution in [0.3, 0.4) is 0 Å². The van der Waals surface area contributed by atoms with Gasteiger partial charge in [0.2, 0.25) is 0 Å². The van der Waals surface area contributed by atoms with Gasteiger partial charge in [-0.25, -0.2) is 9.67 Å². The van der Waals surface area contributed by atoms with E-state index >= 15 is 0 Å². The molecule has 15 heavy (non-hydrogen) atoms. The van der Waals surface area contributed by atoms with E-state index in [9.17, 15) is 10.1 Å². The fraction of sp³-hybridized carbons (Fsp3) is 0.111. The van der Waals surface area contributed by atoms with Gasteiger partial charge in [0.25, 0.3) is 5.69 Å². The van der Waals surface area contributed by atoms with E-state index in [0.717, 1.165) is 0 Å². The zero-order valence-electron chi connectivity index (χ0n) is 7.99. The van der Waals surface area contributed by atoms with E-state index in [4.69, 9.17) is 0 Å². The average Bonchev–Trinajstić information content (AvgIpc) is 2.69. The predicted octanol–water partition coefficient (Wildman–Crippen LogP) is 1.48. The van der Waals surface area contributed by atoms with Crippen LogP contribution >= 0.6 is 0 Å². The fourth-order valence-corrected chi connectivity index (χ4v) is 1.40. The van der Waals surface area contributed by atoms with Crippen LogP contribution in [0.5, 0.6) is 0 Å². The Bertz CT molecular complexity index is 493. The van der Waals surface area contributed by atoms with Gasteiger partial charge in [-0.05, 0) is 13.0 Å². The highest BCUT2D eigenvalue weighted by molar-refractivity contribution is 5.56. The fourth-order valence-electron chi connectivity index (χ4n) is 1.40. The van der Waals surface area contributed by atoms with Crippen LogP contribution in [0.25, 0.3) is 5.69 Å². The molecule has 6 heteroatoms. The van der Waals surface area contributed by atoms with Gasteiger partial charge in [-0.15, -0.1) is 0 Å². The van der Waals surface area contributed by atoms with Crippen molar-refractivity contribution in [3.8, 4) is 5.69 Å². The standard InChI is InChI=1S/C9H8N4O2/c1-7-3-2-4-8(9(7)13(14)15)12-6-10-5-11-12/h2-6H,1H3. The van der Waals surface area contributed by atoms with Gasteiger partial charge >= 0.3 is 0 Å². The summed E-state index contributed by atoms with van der Waals surface area (Å²) >= 11 is 0. The number of nitro benzene ring substituents is 1. The summed E-state index contributed by atoms with van der Waals surface area (Å²) in [6.45, 7) is 1.69. The molecule has 1 heterocycles. The van der Waals surface area contributed by atoms with Gasteiger partial charge in [-0.2, -0.15) is 5.10 Å². The molecule has 0 N–H and O–H groups in total. The van der Waals surface area contributed by atoms with Crippen molar-refractivity contribution in [1.82, 2.24) is 14.8 Å². The average molecular weight is 204 g/mol. The lowest BCUT2D eigenvalue weighted by atomic mass is 10.2. The number of aromatic nitrogens is 3. The molecular weight excluding hydrogens is 196 g/mol. The van der Waals surface area contributed by atoms with Gasteiger partial charge in [0.05, 0.1) is 4.92 Å². The van der Waals surface area contributed by atoms with E-state index in [-0.39, 0.29) is 5.69 Å². The van der Waals surface area contributed by atoms with Crippen LogP contribution in [0.4, 0.5) is 5.69 Å². The zero-order valence-corrected chi connectivity index (χ0v) is 7.99. The van der Waals surface area contributed by atoms with Crippen molar-refractivity contribution in [1.29, 1.82) is 0 Å². The van der Waals surface area contributed by atoms with Crippen LogP contribution in [0.15, 0.2) is 30.9 Å². The Morgan fingerprint density at radius 1 is 1.47 bits per heavy atom. The SMILES string of the molecule is Cc1cccc(-n2cncn2)c1[N+](=O)[O-]. The summed E-state index contributed by atoms with van der Waals surface area (Å²) in [5.74, 6) is 0. The summed E-state index contributed by atoms with van der Waals surface area (Å²) in [7, 11) is 0. The topological polar surface area (TPSA) is 73.8 Å². The van der Waals surface area contributed by atoms with Crippen molar-refractivity contribution in [2.45, 2.75) is 6.92 Å². The van der Waals surface area contributed by atoms with Crippen LogP contribution in [-0.2, 0) is 0 Å². The lowest BCUT2D eigenvalue weighted by Crippen LogP contribution is -2.02. The summed E-state index contributed by atoms with van der Waals surface area (Å²) in [5, 5.41) is 14.8. The van der Waals surface area contributed by atoms with Crippen LogP contribution in [-0.4, -0.2) is 19.7 Å². The molecule has 2 aromatic rings. The molecule has 76 valence electrons. The predicted molar refractivity (Wildman–Crippen MR) is 52.8 cm³/mol. The van der Waals surface area contributed by atoms with Crippen molar-refractivity contribution < 1.29 is 4.92 Å². The Labute approximate surface area is 85.3 Å². The number of para-hydroxylation sites is 1. The molecule has 1 aromatic carbocycles. The molecule has 0 fully saturated rings. The normalized spacial score (nSPS) is 10.2. The van der Waals surface area contributed by atoms with Crippen LogP contribution in [0, 0.1) is 17.0 Å². The molecule has 0 radical (unpaired) electrons. The third-order valence-electron chi connectivity index (χ3n) is 2.06. The van der Waals surface area contributed by atoms with Gasteiger partial charge in [0, 0.05) is 5.56 Å². The smallest absolute Gasteiger partial charge is 0.258 e. The molecule has 0 aliphatic rings. The highest BCUT2D eigenvalue weighted by atomic mass is 16.6. The molecule has 2 rings (SSSR count). The molecule has 0 saturated heterocycles. The Kier molecular flexibility index (Phi) is 2.17. The quantitative estimate of drug-likeness (QED) is 0.548. The minimum atomic E-state index is -0.410. The first-order valence-corrected chi connectivity index (χ1v) is 4.29. The number of rotatable bonds is 2. The number of nitro groups is 1. The summed E-state index contributed by atoms with van der Waals surface area (Å²) in [4.78, 5) is 14.2. The first-order valence-electron chi connectivity index (χ1n) is 4.29. The lowest BCUT2D eigenvalue weighted by molar-refractivity contribution is -0.385. The third kappa shape index (κ3) is 1.56. The molecule has 0 spiro atoms. The van der Waals surface area contributed by atoms with Crippen molar-refractivity contribution in [3.63, 3.8) is 0 Å². The summed E-state index contributed by atoms with van der Waals surface area (Å²) in [6, 6.07) is 5.08. The van der Waals surface area contributed by atoms with E-state index in [1.54, 1.807) is 25.1 Å². The number of hydrogen-bond acceptors (Lipinski definition) is 4. The maximum absolute atomic E-state index is 10.9. The highest BCUT2D eigenvalue weighted by Crippen LogP contribution is 2.25. The second-order valence-electron chi connectivity index (χ2n) is 3.04. The molecule has 0 bridgehead atoms. The number of aryl methyl sites for hydroxylation is 1. The van der Waals surface area contributed by atoms with Gasteiger partial charge in [-0.3, -0.25) is 10.1 Å². The maximum atomic E-state index is 10.9. The largest absolute Gasteiger partial charge is 0.297 e. The molecule has 0 saturated carbocycles. The van der Waals surface area contributed by atoms with E-state index in [2.05, 4.69) is 10.1 Å². The van der Waals surface area contributed by atoms with Crippen molar-refractivity contribution in [2.24, 2.45) is 0 Å². The molecule has 0 aliphatic carbocycles. The van der Waals surface area contributed by atoms with Crippen LogP contribution in [0.2, 0.25) is 0 Å². The van der Waals surface area contributed by atoms with Crippen LogP contribution in [0.1, 0.15) is 5.56 Å². The van der Waals surface area contributed by atoms with Gasteiger partial charge in [0.15, 0.2) is 0 Å². The number of benzene rings is 1. The van der Waals surface area contributed by atoms with Crippen molar-refractivity contribution in [2.75, 3.05) is 0 Å². The van der Waals surface area contributed by atoms with Crippen molar-refractivity contribution >= 4 is 5.69 Å². The van der Waals surface area contributed by atoms with Gasteiger partial charge in [0.1, 0.15) is 18.3 Å². The van der Waals surface area contributed by atoms with Crippen LogP contribution < -0.4 is 0 Å². The Morgan fingerprint density at radius 2 is 2.27 bits per heavy atom. The Morgan fingerprint density at radius 3 is 2.87 bits per heavy atom. The summed E-state index contributed by atoms with van der Waals surface area (Å²) in [6.07, 6.45) is 2.77. The zero-order chi connectivity index (χ0) is 10.8. The molecule has 1 aromatic heterocycles. The minimum Gasteiger partial charge on any atom is -0.258 e. The molecule has 6 nitrogen and oxygen atoms in total. The summed E-state index contributed by atoms with van der Waals surface area (Å²) < 4.78 is 1.38. The van der Waals surface area contributed by atoms with E-state index in [1.165, 1.54) is 17.3 Å². The number of hydrogen-bond donors (Lipinski definition) is 0. The van der Waals surface area contributed by atoms with E-state index in [0.29, 0.717) is 11.3 Å². The van der Waals surface area contributed by atoms with E-state index in [1.807, 2.05) is 0 Å². The van der Waals surface area contributed by atoms with Gasteiger partial charge in [-0.1, -0.05) is 12.1 Å². The van der Waals surface area contributed by atoms with Gasteiger partial charge < -0.3 is 0 Å². The first-order chi connectivity index (χ1) is 7.20. The molecule has 0 aliphatic heterocycles. The molecular formula is C9H8N4O2. The third-order valence-corrected chi connectivity index (χ3v) is 2.06. The highest BCUT2D eigenvalue weighted by Gasteiger charge is 2.18. The lowest BCUT2D eigenvalue weighted by Gasteiger charge is -2.03. The molecule has 0 atom stereocenters. The Hall–Kier alpha value is -2.24. The molecule has 0 amide bonds. The maximum Gasteiger partial charge on any atom is 0.297 e.